The first-order valence-corrected chi connectivity index (χ1v) is 4.64. The summed E-state index contributed by atoms with van der Waals surface area (Å²) in [6.07, 6.45) is 3.94. The second-order valence-corrected chi connectivity index (χ2v) is 4.21. The van der Waals surface area contributed by atoms with E-state index in [1.165, 1.54) is 25.9 Å². The number of carboxylic acid groups (broad SMARTS) is 1. The number of carbonyl (C=O) groups is 1. The number of hydrogen-bond acceptors (Lipinski definition) is 2. The first-order chi connectivity index (χ1) is 5.70. The number of likely N-dealkylation sites (tertiary alicyclic amines) is 1. The molecule has 0 atom stereocenters. The molecule has 1 spiro atoms. The van der Waals surface area contributed by atoms with Gasteiger partial charge in [0.1, 0.15) is 0 Å². The van der Waals surface area contributed by atoms with E-state index in [9.17, 15) is 4.79 Å². The Balaban J connectivity index is 1.54. The Morgan fingerprint density at radius 1 is 1.42 bits per heavy atom. The molecule has 68 valence electrons. The normalized spacial score (nSPS) is 25.3. The van der Waals surface area contributed by atoms with Crippen molar-refractivity contribution >= 4 is 5.97 Å². The first-order valence-electron chi connectivity index (χ1n) is 4.64. The predicted octanol–water partition coefficient (Wildman–Crippen LogP) is 0.947. The molecule has 1 heterocycles. The number of carboxylic acids is 1. The van der Waals surface area contributed by atoms with E-state index >= 15 is 0 Å². The lowest BCUT2D eigenvalue weighted by Gasteiger charge is -2.39. The number of aliphatic carboxylic acids is 1. The van der Waals surface area contributed by atoms with Gasteiger partial charge >= 0.3 is 5.97 Å². The second kappa shape index (κ2) is 2.73. The molecule has 3 nitrogen and oxygen atoms in total. The molecule has 0 radical (unpaired) electrons. The molecule has 1 aliphatic carbocycles. The third-order valence-corrected chi connectivity index (χ3v) is 2.94. The van der Waals surface area contributed by atoms with Gasteiger partial charge in [0.25, 0.3) is 0 Å². The summed E-state index contributed by atoms with van der Waals surface area (Å²) in [4.78, 5) is 12.6. The van der Waals surface area contributed by atoms with Crippen LogP contribution < -0.4 is 0 Å². The van der Waals surface area contributed by atoms with Crippen molar-refractivity contribution in [1.29, 1.82) is 0 Å². The van der Waals surface area contributed by atoms with Crippen molar-refractivity contribution < 1.29 is 9.90 Å². The summed E-state index contributed by atoms with van der Waals surface area (Å²) in [6.45, 7) is 3.44. The molecule has 0 amide bonds. The maximum absolute atomic E-state index is 10.2. The van der Waals surface area contributed by atoms with Gasteiger partial charge < -0.3 is 10.0 Å². The van der Waals surface area contributed by atoms with Crippen LogP contribution in [0.5, 0.6) is 0 Å². The summed E-state index contributed by atoms with van der Waals surface area (Å²) >= 11 is 0. The van der Waals surface area contributed by atoms with Crippen molar-refractivity contribution in [2.45, 2.75) is 25.7 Å². The van der Waals surface area contributed by atoms with Crippen LogP contribution in [0.2, 0.25) is 0 Å². The minimum atomic E-state index is -0.670. The van der Waals surface area contributed by atoms with E-state index in [-0.39, 0.29) is 0 Å². The summed E-state index contributed by atoms with van der Waals surface area (Å²) in [6, 6.07) is 0. The van der Waals surface area contributed by atoms with Crippen molar-refractivity contribution in [3.8, 4) is 0 Å². The third kappa shape index (κ3) is 1.61. The molecular weight excluding hydrogens is 154 g/mol. The van der Waals surface area contributed by atoms with Crippen LogP contribution in [0.1, 0.15) is 25.7 Å². The van der Waals surface area contributed by atoms with Gasteiger partial charge in [0, 0.05) is 19.5 Å². The van der Waals surface area contributed by atoms with Crippen molar-refractivity contribution in [2.75, 3.05) is 19.6 Å². The van der Waals surface area contributed by atoms with Gasteiger partial charge in [-0.2, -0.15) is 0 Å². The molecular formula is C9H15NO2. The molecule has 2 fully saturated rings. The molecule has 12 heavy (non-hydrogen) atoms. The zero-order chi connectivity index (χ0) is 8.60. The average Bonchev–Trinajstić information content (AvgIpc) is 2.64. The standard InChI is InChI=1S/C9H15NO2/c11-8(12)2-1-5-10-6-9(7-10)3-4-9/h1-7H2,(H,11,12). The maximum Gasteiger partial charge on any atom is 0.303 e. The summed E-state index contributed by atoms with van der Waals surface area (Å²) in [5.41, 5.74) is 0.712. The Hall–Kier alpha value is -0.570. The Labute approximate surface area is 72.4 Å². The summed E-state index contributed by atoms with van der Waals surface area (Å²) < 4.78 is 0. The molecule has 0 aromatic heterocycles. The van der Waals surface area contributed by atoms with Gasteiger partial charge in [-0.05, 0) is 31.2 Å². The second-order valence-electron chi connectivity index (χ2n) is 4.21. The summed E-state index contributed by atoms with van der Waals surface area (Å²) in [5.74, 6) is -0.670. The SMILES string of the molecule is O=C(O)CCCN1CC2(CC2)C1. The highest BCUT2D eigenvalue weighted by Gasteiger charge is 2.51. The van der Waals surface area contributed by atoms with Gasteiger partial charge in [-0.25, -0.2) is 0 Å². The van der Waals surface area contributed by atoms with Crippen molar-refractivity contribution in [3.63, 3.8) is 0 Å². The fourth-order valence-electron chi connectivity index (χ4n) is 2.01. The van der Waals surface area contributed by atoms with Crippen LogP contribution in [0.25, 0.3) is 0 Å². The molecule has 1 N–H and O–H groups in total. The quantitative estimate of drug-likeness (QED) is 0.681. The lowest BCUT2D eigenvalue weighted by molar-refractivity contribution is -0.137. The molecule has 3 heteroatoms. The van der Waals surface area contributed by atoms with E-state index in [2.05, 4.69) is 4.90 Å². The van der Waals surface area contributed by atoms with Gasteiger partial charge in [-0.1, -0.05) is 0 Å². The lowest BCUT2D eigenvalue weighted by Crippen LogP contribution is -2.48. The molecule has 0 unspecified atom stereocenters. The molecule has 0 bridgehead atoms. The number of rotatable bonds is 4. The fourth-order valence-corrected chi connectivity index (χ4v) is 2.01. The van der Waals surface area contributed by atoms with Gasteiger partial charge in [0.15, 0.2) is 0 Å². The first kappa shape index (κ1) is 8.05. The molecule has 1 saturated carbocycles. The lowest BCUT2D eigenvalue weighted by atomic mass is 9.97. The van der Waals surface area contributed by atoms with Crippen LogP contribution in [0.15, 0.2) is 0 Å². The zero-order valence-electron chi connectivity index (χ0n) is 7.25. The highest BCUT2D eigenvalue weighted by Crippen LogP contribution is 2.52. The smallest absolute Gasteiger partial charge is 0.303 e. The Morgan fingerprint density at radius 3 is 2.58 bits per heavy atom. The van der Waals surface area contributed by atoms with Gasteiger partial charge in [0.05, 0.1) is 0 Å². The van der Waals surface area contributed by atoms with E-state index in [0.29, 0.717) is 11.8 Å². The van der Waals surface area contributed by atoms with Crippen LogP contribution in [0, 0.1) is 5.41 Å². The van der Waals surface area contributed by atoms with Gasteiger partial charge in [-0.15, -0.1) is 0 Å². The molecule has 1 aliphatic heterocycles. The Bertz CT molecular complexity index is 191. The largest absolute Gasteiger partial charge is 0.481 e. The third-order valence-electron chi connectivity index (χ3n) is 2.94. The van der Waals surface area contributed by atoms with E-state index in [1.54, 1.807) is 0 Å². The minimum Gasteiger partial charge on any atom is -0.481 e. The minimum absolute atomic E-state index is 0.323. The van der Waals surface area contributed by atoms with E-state index in [1.807, 2.05) is 0 Å². The average molecular weight is 169 g/mol. The zero-order valence-corrected chi connectivity index (χ0v) is 7.25. The number of nitrogens with zero attached hydrogens (tertiary/aromatic N) is 1. The predicted molar refractivity (Wildman–Crippen MR) is 45.0 cm³/mol. The van der Waals surface area contributed by atoms with Crippen molar-refractivity contribution in [2.24, 2.45) is 5.41 Å². The van der Waals surface area contributed by atoms with Crippen LogP contribution in [-0.2, 0) is 4.79 Å². The number of hydrogen-bond donors (Lipinski definition) is 1. The Morgan fingerprint density at radius 2 is 2.08 bits per heavy atom. The van der Waals surface area contributed by atoms with Crippen LogP contribution >= 0.6 is 0 Å². The molecule has 0 aromatic rings. The molecule has 1 saturated heterocycles. The van der Waals surface area contributed by atoms with E-state index < -0.39 is 5.97 Å². The molecule has 2 rings (SSSR count). The summed E-state index contributed by atoms with van der Waals surface area (Å²) in [7, 11) is 0. The topological polar surface area (TPSA) is 40.5 Å². The highest BCUT2D eigenvalue weighted by molar-refractivity contribution is 5.66. The fraction of sp³-hybridized carbons (Fsp3) is 0.889. The highest BCUT2D eigenvalue weighted by atomic mass is 16.4. The molecule has 2 aliphatic rings. The van der Waals surface area contributed by atoms with Crippen LogP contribution in [0.4, 0.5) is 0 Å². The Kier molecular flexibility index (Phi) is 1.83. The van der Waals surface area contributed by atoms with Crippen LogP contribution in [0.3, 0.4) is 0 Å². The maximum atomic E-state index is 10.2. The van der Waals surface area contributed by atoms with Crippen molar-refractivity contribution in [3.05, 3.63) is 0 Å². The van der Waals surface area contributed by atoms with Gasteiger partial charge in [-0.3, -0.25) is 4.79 Å². The summed E-state index contributed by atoms with van der Waals surface area (Å²) in [5, 5.41) is 8.41. The van der Waals surface area contributed by atoms with Gasteiger partial charge in [0.2, 0.25) is 0 Å². The van der Waals surface area contributed by atoms with Crippen LogP contribution in [-0.4, -0.2) is 35.6 Å². The van der Waals surface area contributed by atoms with E-state index in [0.717, 1.165) is 13.0 Å². The molecule has 0 aromatic carbocycles. The monoisotopic (exact) mass is 169 g/mol. The van der Waals surface area contributed by atoms with Crippen molar-refractivity contribution in [1.82, 2.24) is 4.90 Å². The van der Waals surface area contributed by atoms with E-state index in [4.69, 9.17) is 5.11 Å².